The second kappa shape index (κ2) is 7.28. The quantitative estimate of drug-likeness (QED) is 0.579. The Kier molecular flexibility index (Phi) is 5.70. The standard InChI is InChI=1S/C12H18N6O/c1-9(2)8-18(7-3-6-13)12(19)10-4-5-11(15-14)17-16-10/h4-5,9H,3,7-8,14H2,1-2H3,(H,15,17). The van der Waals surface area contributed by atoms with E-state index in [2.05, 4.69) is 15.6 Å². The summed E-state index contributed by atoms with van der Waals surface area (Å²) in [5.41, 5.74) is 2.60. The first-order valence-corrected chi connectivity index (χ1v) is 6.05. The van der Waals surface area contributed by atoms with E-state index < -0.39 is 0 Å². The number of nitrogens with two attached hydrogens (primary N) is 1. The minimum atomic E-state index is -0.222. The molecule has 1 amide bonds. The lowest BCUT2D eigenvalue weighted by Gasteiger charge is -2.23. The number of hydrogen-bond donors (Lipinski definition) is 2. The lowest BCUT2D eigenvalue weighted by molar-refractivity contribution is 0.0733. The van der Waals surface area contributed by atoms with E-state index in [-0.39, 0.29) is 11.6 Å². The first-order valence-electron chi connectivity index (χ1n) is 6.05. The van der Waals surface area contributed by atoms with Gasteiger partial charge >= 0.3 is 0 Å². The molecule has 0 bridgehead atoms. The number of rotatable bonds is 6. The van der Waals surface area contributed by atoms with Crippen molar-refractivity contribution in [3.05, 3.63) is 17.8 Å². The minimum absolute atomic E-state index is 0.222. The van der Waals surface area contributed by atoms with Gasteiger partial charge in [0, 0.05) is 13.1 Å². The molecule has 0 saturated heterocycles. The number of nitrogens with zero attached hydrogens (tertiary/aromatic N) is 4. The van der Waals surface area contributed by atoms with E-state index in [9.17, 15) is 4.79 Å². The normalized spacial score (nSPS) is 10.1. The van der Waals surface area contributed by atoms with Crippen molar-refractivity contribution in [3.8, 4) is 6.07 Å². The molecule has 102 valence electrons. The molecular weight excluding hydrogens is 244 g/mol. The molecule has 0 aromatic carbocycles. The van der Waals surface area contributed by atoms with Crippen molar-refractivity contribution >= 4 is 11.7 Å². The summed E-state index contributed by atoms with van der Waals surface area (Å²) in [5.74, 6) is 5.67. The Labute approximate surface area is 112 Å². The summed E-state index contributed by atoms with van der Waals surface area (Å²) in [6.07, 6.45) is 0.300. The maximum atomic E-state index is 12.2. The minimum Gasteiger partial charge on any atom is -0.336 e. The van der Waals surface area contributed by atoms with E-state index in [1.165, 1.54) is 0 Å². The number of nitrogens with one attached hydrogen (secondary N) is 1. The van der Waals surface area contributed by atoms with E-state index in [1.54, 1.807) is 17.0 Å². The third-order valence-corrected chi connectivity index (χ3v) is 2.40. The number of carbonyl (C=O) groups excluding carboxylic acids is 1. The molecule has 0 unspecified atom stereocenters. The molecule has 1 aromatic rings. The van der Waals surface area contributed by atoms with E-state index in [0.717, 1.165) is 0 Å². The second-order valence-corrected chi connectivity index (χ2v) is 4.50. The Morgan fingerprint density at radius 1 is 1.53 bits per heavy atom. The molecule has 1 aromatic heterocycles. The number of anilines is 1. The van der Waals surface area contributed by atoms with Crippen LogP contribution in [0.15, 0.2) is 12.1 Å². The van der Waals surface area contributed by atoms with Gasteiger partial charge in [-0.1, -0.05) is 13.8 Å². The Morgan fingerprint density at radius 3 is 2.74 bits per heavy atom. The third kappa shape index (κ3) is 4.52. The highest BCUT2D eigenvalue weighted by Gasteiger charge is 2.18. The summed E-state index contributed by atoms with van der Waals surface area (Å²) in [6.45, 7) is 5.00. The van der Waals surface area contributed by atoms with Gasteiger partial charge in [0.05, 0.1) is 12.5 Å². The highest BCUT2D eigenvalue weighted by atomic mass is 16.2. The van der Waals surface area contributed by atoms with Gasteiger partial charge in [-0.15, -0.1) is 10.2 Å². The summed E-state index contributed by atoms with van der Waals surface area (Å²) in [4.78, 5) is 13.9. The van der Waals surface area contributed by atoms with Crippen LogP contribution in [0.2, 0.25) is 0 Å². The second-order valence-electron chi connectivity index (χ2n) is 4.50. The van der Waals surface area contributed by atoms with Gasteiger partial charge in [0.2, 0.25) is 0 Å². The zero-order valence-corrected chi connectivity index (χ0v) is 11.1. The average molecular weight is 262 g/mol. The smallest absolute Gasteiger partial charge is 0.274 e. The average Bonchev–Trinajstić information content (AvgIpc) is 2.42. The summed E-state index contributed by atoms with van der Waals surface area (Å²) >= 11 is 0. The van der Waals surface area contributed by atoms with Crippen LogP contribution in [-0.2, 0) is 0 Å². The molecule has 0 aliphatic rings. The maximum Gasteiger partial charge on any atom is 0.274 e. The Morgan fingerprint density at radius 2 is 2.26 bits per heavy atom. The predicted molar refractivity (Wildman–Crippen MR) is 70.8 cm³/mol. The molecule has 0 fully saturated rings. The van der Waals surface area contributed by atoms with Gasteiger partial charge in [-0.05, 0) is 18.1 Å². The number of nitriles is 1. The first kappa shape index (κ1) is 14.9. The summed E-state index contributed by atoms with van der Waals surface area (Å²) < 4.78 is 0. The van der Waals surface area contributed by atoms with Gasteiger partial charge in [0.1, 0.15) is 0 Å². The molecule has 0 spiro atoms. The molecular formula is C12H18N6O. The number of carbonyl (C=O) groups is 1. The summed E-state index contributed by atoms with van der Waals surface area (Å²) in [6, 6.07) is 5.18. The third-order valence-electron chi connectivity index (χ3n) is 2.40. The van der Waals surface area contributed by atoms with Crippen molar-refractivity contribution in [2.75, 3.05) is 18.5 Å². The SMILES string of the molecule is CC(C)CN(CCC#N)C(=O)c1ccc(NN)nn1. The van der Waals surface area contributed by atoms with Gasteiger partial charge in [0.25, 0.3) is 5.91 Å². The van der Waals surface area contributed by atoms with Crippen molar-refractivity contribution in [3.63, 3.8) is 0 Å². The van der Waals surface area contributed by atoms with Crippen LogP contribution in [-0.4, -0.2) is 34.1 Å². The molecule has 0 atom stereocenters. The van der Waals surface area contributed by atoms with Crippen LogP contribution in [0.4, 0.5) is 5.82 Å². The summed E-state index contributed by atoms with van der Waals surface area (Å²) in [5, 5.41) is 16.2. The Bertz CT molecular complexity index is 450. The highest BCUT2D eigenvalue weighted by molar-refractivity contribution is 5.92. The van der Waals surface area contributed by atoms with Gasteiger partial charge in [-0.3, -0.25) is 4.79 Å². The van der Waals surface area contributed by atoms with Crippen LogP contribution in [0.3, 0.4) is 0 Å². The number of hydrazine groups is 1. The summed E-state index contributed by atoms with van der Waals surface area (Å²) in [7, 11) is 0. The van der Waals surface area contributed by atoms with E-state index in [4.69, 9.17) is 11.1 Å². The van der Waals surface area contributed by atoms with Crippen LogP contribution in [0.5, 0.6) is 0 Å². The van der Waals surface area contributed by atoms with Crippen LogP contribution in [0, 0.1) is 17.2 Å². The van der Waals surface area contributed by atoms with Gasteiger partial charge in [-0.25, -0.2) is 5.84 Å². The van der Waals surface area contributed by atoms with Crippen molar-refractivity contribution in [2.45, 2.75) is 20.3 Å². The fourth-order valence-corrected chi connectivity index (χ4v) is 1.59. The molecule has 0 aliphatic carbocycles. The van der Waals surface area contributed by atoms with Crippen LogP contribution in [0.1, 0.15) is 30.8 Å². The lowest BCUT2D eigenvalue weighted by atomic mass is 10.2. The number of aromatic nitrogens is 2. The van der Waals surface area contributed by atoms with E-state index in [1.807, 2.05) is 19.9 Å². The monoisotopic (exact) mass is 262 g/mol. The largest absolute Gasteiger partial charge is 0.336 e. The molecule has 7 nitrogen and oxygen atoms in total. The van der Waals surface area contributed by atoms with Crippen molar-refractivity contribution in [1.82, 2.24) is 15.1 Å². The van der Waals surface area contributed by atoms with Gasteiger partial charge in [-0.2, -0.15) is 5.26 Å². The molecule has 7 heteroatoms. The zero-order valence-electron chi connectivity index (χ0n) is 11.1. The fraction of sp³-hybridized carbons (Fsp3) is 0.500. The molecule has 19 heavy (non-hydrogen) atoms. The van der Waals surface area contributed by atoms with Crippen molar-refractivity contribution in [1.29, 1.82) is 5.26 Å². The van der Waals surface area contributed by atoms with Crippen molar-refractivity contribution in [2.24, 2.45) is 11.8 Å². The molecule has 3 N–H and O–H groups in total. The lowest BCUT2D eigenvalue weighted by Crippen LogP contribution is -2.35. The Hall–Kier alpha value is -2.20. The Balaban J connectivity index is 2.81. The molecule has 0 aliphatic heterocycles. The predicted octanol–water partition coefficient (Wildman–Crippen LogP) is 0.774. The van der Waals surface area contributed by atoms with E-state index in [0.29, 0.717) is 31.2 Å². The van der Waals surface area contributed by atoms with Crippen molar-refractivity contribution < 1.29 is 4.79 Å². The molecule has 0 radical (unpaired) electrons. The molecule has 0 saturated carbocycles. The van der Waals surface area contributed by atoms with E-state index >= 15 is 0 Å². The number of hydrogen-bond acceptors (Lipinski definition) is 6. The topological polar surface area (TPSA) is 108 Å². The maximum absolute atomic E-state index is 12.2. The number of amides is 1. The van der Waals surface area contributed by atoms with Crippen LogP contribution < -0.4 is 11.3 Å². The van der Waals surface area contributed by atoms with Gasteiger partial charge in [0.15, 0.2) is 11.5 Å². The molecule has 1 rings (SSSR count). The molecule has 1 heterocycles. The van der Waals surface area contributed by atoms with Crippen LogP contribution in [0.25, 0.3) is 0 Å². The highest BCUT2D eigenvalue weighted by Crippen LogP contribution is 2.07. The van der Waals surface area contributed by atoms with Gasteiger partial charge < -0.3 is 10.3 Å². The number of nitrogen functional groups attached to an aromatic ring is 1. The van der Waals surface area contributed by atoms with Crippen LogP contribution >= 0.6 is 0 Å². The first-order chi connectivity index (χ1) is 9.08. The fourth-order valence-electron chi connectivity index (χ4n) is 1.59. The zero-order chi connectivity index (χ0) is 14.3.